The summed E-state index contributed by atoms with van der Waals surface area (Å²) < 4.78 is 68.0. The van der Waals surface area contributed by atoms with Crippen molar-refractivity contribution >= 4 is 15.9 Å². The lowest BCUT2D eigenvalue weighted by atomic mass is 10.0. The lowest BCUT2D eigenvalue weighted by Gasteiger charge is -2.32. The second-order valence-electron chi connectivity index (χ2n) is 6.67. The summed E-state index contributed by atoms with van der Waals surface area (Å²) in [7, 11) is -3.78. The summed E-state index contributed by atoms with van der Waals surface area (Å²) in [6.07, 6.45) is 0.596. The second-order valence-corrected chi connectivity index (χ2v) is 8.32. The van der Waals surface area contributed by atoms with Gasteiger partial charge in [0.25, 0.3) is 5.91 Å². The molecule has 0 unspecified atom stereocenters. The molecule has 2 aromatic rings. The van der Waals surface area contributed by atoms with Gasteiger partial charge in [-0.2, -0.15) is 5.10 Å². The van der Waals surface area contributed by atoms with E-state index in [0.29, 0.717) is 30.3 Å². The maximum atomic E-state index is 13.8. The average Bonchev–Trinajstić information content (AvgIpc) is 2.99. The van der Waals surface area contributed by atoms with Crippen molar-refractivity contribution in [1.29, 1.82) is 0 Å². The van der Waals surface area contributed by atoms with E-state index in [0.717, 1.165) is 6.07 Å². The van der Waals surface area contributed by atoms with Gasteiger partial charge in [-0.1, -0.05) is 0 Å². The number of carbonyl (C=O) groups excluding carboxylic acids is 1. The molecule has 1 amide bonds. The number of nitrogens with one attached hydrogen (secondary N) is 2. The van der Waals surface area contributed by atoms with Crippen LogP contribution in [0.15, 0.2) is 17.0 Å². The van der Waals surface area contributed by atoms with E-state index in [1.165, 1.54) is 4.90 Å². The van der Waals surface area contributed by atoms with Gasteiger partial charge in [0.2, 0.25) is 10.0 Å². The predicted molar refractivity (Wildman–Crippen MR) is 93.6 cm³/mol. The first kappa shape index (κ1) is 20.3. The molecule has 152 valence electrons. The topological polar surface area (TPSA) is 95.2 Å². The van der Waals surface area contributed by atoms with Gasteiger partial charge in [-0.3, -0.25) is 9.89 Å². The van der Waals surface area contributed by atoms with Crippen molar-refractivity contribution < 1.29 is 26.4 Å². The summed E-state index contributed by atoms with van der Waals surface area (Å²) in [4.78, 5) is 13.8. The van der Waals surface area contributed by atoms with Gasteiger partial charge in [-0.25, -0.2) is 26.3 Å². The number of amides is 1. The second kappa shape index (κ2) is 7.55. The third-order valence-corrected chi connectivity index (χ3v) is 6.48. The van der Waals surface area contributed by atoms with Gasteiger partial charge in [0.15, 0.2) is 17.5 Å². The van der Waals surface area contributed by atoms with Crippen LogP contribution >= 0.6 is 0 Å². The van der Waals surface area contributed by atoms with E-state index in [1.54, 1.807) is 13.8 Å². The highest BCUT2D eigenvalue weighted by Crippen LogP contribution is 2.22. The third kappa shape index (κ3) is 3.76. The molecule has 0 spiro atoms. The summed E-state index contributed by atoms with van der Waals surface area (Å²) >= 11 is 0. The fourth-order valence-corrected chi connectivity index (χ4v) is 4.95. The molecule has 0 radical (unpaired) electrons. The van der Waals surface area contributed by atoms with Crippen molar-refractivity contribution in [1.82, 2.24) is 19.8 Å². The van der Waals surface area contributed by atoms with Crippen LogP contribution in [0.3, 0.4) is 0 Å². The van der Waals surface area contributed by atoms with Crippen LogP contribution in [0.1, 0.15) is 34.6 Å². The molecule has 7 nitrogen and oxygen atoms in total. The Bertz CT molecular complexity index is 995. The Labute approximate surface area is 160 Å². The van der Waals surface area contributed by atoms with Crippen LogP contribution in [-0.4, -0.2) is 48.6 Å². The zero-order chi connectivity index (χ0) is 20.6. The number of piperidine rings is 1. The van der Waals surface area contributed by atoms with Crippen molar-refractivity contribution in [2.24, 2.45) is 0 Å². The molecule has 2 N–H and O–H groups in total. The van der Waals surface area contributed by atoms with Crippen LogP contribution in [0.5, 0.6) is 0 Å². The summed E-state index contributed by atoms with van der Waals surface area (Å²) in [6.45, 7) is 3.48. The van der Waals surface area contributed by atoms with E-state index in [-0.39, 0.29) is 18.0 Å². The molecular weight excluding hydrogens is 397 g/mol. The molecular formula is C17H19F3N4O3S. The summed E-state index contributed by atoms with van der Waals surface area (Å²) in [6, 6.07) is 1.18. The number of aryl methyl sites for hydroxylation is 2. The average molecular weight is 416 g/mol. The highest BCUT2D eigenvalue weighted by atomic mass is 32.2. The Morgan fingerprint density at radius 3 is 2.39 bits per heavy atom. The highest BCUT2D eigenvalue weighted by molar-refractivity contribution is 7.89. The number of hydrogen-bond donors (Lipinski definition) is 2. The molecule has 0 bridgehead atoms. The number of sulfonamides is 1. The number of nitrogens with zero attached hydrogens (tertiary/aromatic N) is 2. The quantitative estimate of drug-likeness (QED) is 0.746. The minimum absolute atomic E-state index is 0.0925. The molecule has 1 aliphatic heterocycles. The van der Waals surface area contributed by atoms with E-state index in [4.69, 9.17) is 0 Å². The molecule has 1 saturated heterocycles. The molecule has 1 aromatic heterocycles. The summed E-state index contributed by atoms with van der Waals surface area (Å²) in [5, 5.41) is 6.50. The number of hydrogen-bond acceptors (Lipinski definition) is 4. The summed E-state index contributed by atoms with van der Waals surface area (Å²) in [5.74, 6) is -5.36. The van der Waals surface area contributed by atoms with Crippen LogP contribution in [0, 0.1) is 31.3 Å². The van der Waals surface area contributed by atoms with E-state index in [9.17, 15) is 26.4 Å². The Morgan fingerprint density at radius 2 is 1.82 bits per heavy atom. The zero-order valence-corrected chi connectivity index (χ0v) is 16.0. The Balaban J connectivity index is 1.66. The predicted octanol–water partition coefficient (Wildman–Crippen LogP) is 2.03. The number of aromatic nitrogens is 2. The van der Waals surface area contributed by atoms with Crippen LogP contribution in [0.4, 0.5) is 13.2 Å². The van der Waals surface area contributed by atoms with E-state index < -0.39 is 45.0 Å². The standard InChI is InChI=1S/C17H19F3N4O3S/c1-9-16(10(2)22-21-9)28(26,27)23-11-5-7-24(8-6-11)17(25)12-3-4-13(18)15(20)14(12)19/h3-4,11,23H,5-8H2,1-2H3,(H,21,22). The Kier molecular flexibility index (Phi) is 5.48. The molecule has 11 heteroatoms. The fourth-order valence-electron chi connectivity index (χ4n) is 3.28. The van der Waals surface area contributed by atoms with Crippen molar-refractivity contribution in [2.75, 3.05) is 13.1 Å². The molecule has 1 fully saturated rings. The first-order valence-electron chi connectivity index (χ1n) is 8.58. The fraction of sp³-hybridized carbons (Fsp3) is 0.412. The first-order valence-corrected chi connectivity index (χ1v) is 10.1. The van der Waals surface area contributed by atoms with Crippen LogP contribution in [0.2, 0.25) is 0 Å². The minimum atomic E-state index is -3.78. The van der Waals surface area contributed by atoms with Gasteiger partial charge in [0.1, 0.15) is 4.90 Å². The van der Waals surface area contributed by atoms with E-state index >= 15 is 0 Å². The minimum Gasteiger partial charge on any atom is -0.338 e. The van der Waals surface area contributed by atoms with Gasteiger partial charge in [0.05, 0.1) is 17.0 Å². The zero-order valence-electron chi connectivity index (χ0n) is 15.2. The Hall–Kier alpha value is -2.40. The van der Waals surface area contributed by atoms with E-state index in [1.807, 2.05) is 0 Å². The molecule has 1 aliphatic rings. The van der Waals surface area contributed by atoms with Crippen LogP contribution in [-0.2, 0) is 10.0 Å². The van der Waals surface area contributed by atoms with Gasteiger partial charge in [0, 0.05) is 19.1 Å². The highest BCUT2D eigenvalue weighted by Gasteiger charge is 2.31. The number of halogens is 3. The number of likely N-dealkylation sites (tertiary alicyclic amines) is 1. The van der Waals surface area contributed by atoms with Crippen molar-refractivity contribution in [3.05, 3.63) is 46.5 Å². The smallest absolute Gasteiger partial charge is 0.256 e. The van der Waals surface area contributed by atoms with Crippen molar-refractivity contribution in [3.8, 4) is 0 Å². The lowest BCUT2D eigenvalue weighted by Crippen LogP contribution is -2.46. The van der Waals surface area contributed by atoms with Gasteiger partial charge < -0.3 is 4.90 Å². The number of H-pyrrole nitrogens is 1. The van der Waals surface area contributed by atoms with Gasteiger partial charge >= 0.3 is 0 Å². The maximum Gasteiger partial charge on any atom is 0.256 e. The first-order chi connectivity index (χ1) is 13.1. The molecule has 3 rings (SSSR count). The number of rotatable bonds is 4. The van der Waals surface area contributed by atoms with Gasteiger partial charge in [-0.05, 0) is 38.8 Å². The number of aromatic amines is 1. The maximum absolute atomic E-state index is 13.8. The molecule has 2 heterocycles. The van der Waals surface area contributed by atoms with Crippen molar-refractivity contribution in [3.63, 3.8) is 0 Å². The molecule has 1 aromatic carbocycles. The molecule has 28 heavy (non-hydrogen) atoms. The lowest BCUT2D eigenvalue weighted by molar-refractivity contribution is 0.0705. The Morgan fingerprint density at radius 1 is 1.18 bits per heavy atom. The van der Waals surface area contributed by atoms with E-state index in [2.05, 4.69) is 14.9 Å². The molecule has 0 atom stereocenters. The van der Waals surface area contributed by atoms with Crippen LogP contribution in [0.25, 0.3) is 0 Å². The largest absolute Gasteiger partial charge is 0.338 e. The van der Waals surface area contributed by atoms with Crippen LogP contribution < -0.4 is 4.72 Å². The molecule has 0 aliphatic carbocycles. The van der Waals surface area contributed by atoms with Gasteiger partial charge in [-0.15, -0.1) is 0 Å². The SMILES string of the molecule is Cc1n[nH]c(C)c1S(=O)(=O)NC1CCN(C(=O)c2ccc(F)c(F)c2F)CC1. The number of benzene rings is 1. The monoisotopic (exact) mass is 416 g/mol. The molecule has 0 saturated carbocycles. The normalized spacial score (nSPS) is 15.8. The summed E-state index contributed by atoms with van der Waals surface area (Å²) in [5.41, 5.74) is 0.223. The number of carbonyl (C=O) groups is 1. The van der Waals surface area contributed by atoms with Crippen molar-refractivity contribution in [2.45, 2.75) is 37.6 Å². The third-order valence-electron chi connectivity index (χ3n) is 4.70.